The van der Waals surface area contributed by atoms with Crippen molar-refractivity contribution in [2.75, 3.05) is 19.8 Å². The summed E-state index contributed by atoms with van der Waals surface area (Å²) >= 11 is 1.13. The minimum Gasteiger partial charge on any atom is -0.618 e. The zero-order valence-corrected chi connectivity index (χ0v) is 16.3. The van der Waals surface area contributed by atoms with Gasteiger partial charge in [-0.1, -0.05) is 5.21 Å². The molecule has 3 rings (SSSR count). The molecule has 12 heteroatoms. The zero-order valence-electron chi connectivity index (χ0n) is 15.4. The molecule has 3 aromatic heterocycles. The first kappa shape index (κ1) is 20.4. The molecular formula is C17H18N6O5S. The van der Waals surface area contributed by atoms with Crippen LogP contribution in [0.2, 0.25) is 0 Å². The van der Waals surface area contributed by atoms with Gasteiger partial charge in [0.25, 0.3) is 5.91 Å². The fourth-order valence-corrected chi connectivity index (χ4v) is 3.03. The van der Waals surface area contributed by atoms with E-state index in [1.165, 1.54) is 6.20 Å². The van der Waals surface area contributed by atoms with Crippen molar-refractivity contribution in [1.29, 1.82) is 0 Å². The standard InChI is InChI=1S/C17H18N6O5S/c1-11-7-19-14(9-23(11)27)16(24)18-2-4-28-5-3-22-8-13(20-21-22)12-6-15(17(25)26)29-10-12/h6-10H,2-5H2,1H3,(H,18,24)(H,25,26). The van der Waals surface area contributed by atoms with E-state index in [-0.39, 0.29) is 23.7 Å². The van der Waals surface area contributed by atoms with Crippen molar-refractivity contribution in [3.05, 3.63) is 51.5 Å². The molecule has 0 aromatic carbocycles. The van der Waals surface area contributed by atoms with Gasteiger partial charge in [0.2, 0.25) is 11.9 Å². The lowest BCUT2D eigenvalue weighted by molar-refractivity contribution is -0.613. The van der Waals surface area contributed by atoms with Crippen LogP contribution in [-0.2, 0) is 11.3 Å². The van der Waals surface area contributed by atoms with Crippen molar-refractivity contribution in [1.82, 2.24) is 25.3 Å². The Morgan fingerprint density at radius 3 is 2.97 bits per heavy atom. The van der Waals surface area contributed by atoms with E-state index in [2.05, 4.69) is 20.6 Å². The van der Waals surface area contributed by atoms with Crippen molar-refractivity contribution in [2.24, 2.45) is 0 Å². The van der Waals surface area contributed by atoms with E-state index in [0.29, 0.717) is 34.8 Å². The molecule has 0 bridgehead atoms. The second kappa shape index (κ2) is 9.21. The summed E-state index contributed by atoms with van der Waals surface area (Å²) in [5.41, 5.74) is 1.73. The molecule has 29 heavy (non-hydrogen) atoms. The lowest BCUT2D eigenvalue weighted by Crippen LogP contribution is -2.35. The third-order valence-corrected chi connectivity index (χ3v) is 4.77. The van der Waals surface area contributed by atoms with E-state index in [1.807, 2.05) is 0 Å². The summed E-state index contributed by atoms with van der Waals surface area (Å²) in [5, 5.41) is 32.8. The lowest BCUT2D eigenvalue weighted by atomic mass is 10.2. The van der Waals surface area contributed by atoms with E-state index >= 15 is 0 Å². The highest BCUT2D eigenvalue weighted by atomic mass is 32.1. The highest BCUT2D eigenvalue weighted by Crippen LogP contribution is 2.23. The fourth-order valence-electron chi connectivity index (χ4n) is 2.29. The molecule has 0 saturated heterocycles. The number of carboxylic acids is 1. The Bertz CT molecular complexity index is 1020. The van der Waals surface area contributed by atoms with Crippen LogP contribution in [0.5, 0.6) is 0 Å². The summed E-state index contributed by atoms with van der Waals surface area (Å²) in [6.07, 6.45) is 4.17. The maximum Gasteiger partial charge on any atom is 0.345 e. The van der Waals surface area contributed by atoms with Crippen LogP contribution in [0.25, 0.3) is 11.3 Å². The van der Waals surface area contributed by atoms with Crippen LogP contribution in [0.3, 0.4) is 0 Å². The maximum atomic E-state index is 11.9. The first-order chi connectivity index (χ1) is 13.9. The Hall–Kier alpha value is -3.38. The van der Waals surface area contributed by atoms with Gasteiger partial charge in [-0.05, 0) is 6.07 Å². The van der Waals surface area contributed by atoms with E-state index < -0.39 is 11.9 Å². The summed E-state index contributed by atoms with van der Waals surface area (Å²) in [4.78, 5) is 27.0. The van der Waals surface area contributed by atoms with Gasteiger partial charge in [-0.3, -0.25) is 4.79 Å². The molecule has 11 nitrogen and oxygen atoms in total. The van der Waals surface area contributed by atoms with Crippen LogP contribution in [0.4, 0.5) is 0 Å². The van der Waals surface area contributed by atoms with Crippen LogP contribution in [-0.4, -0.2) is 56.7 Å². The number of carboxylic acid groups (broad SMARTS) is 1. The first-order valence-electron chi connectivity index (χ1n) is 8.58. The van der Waals surface area contributed by atoms with Gasteiger partial charge in [-0.15, -0.1) is 16.4 Å². The maximum absolute atomic E-state index is 11.9. The topological polar surface area (TPSA) is 146 Å². The number of carbonyl (C=O) groups excluding carboxylic acids is 1. The molecule has 3 aromatic rings. The van der Waals surface area contributed by atoms with Crippen LogP contribution in [0.15, 0.2) is 30.0 Å². The summed E-state index contributed by atoms with van der Waals surface area (Å²) in [6.45, 7) is 2.95. The number of aromatic nitrogens is 5. The van der Waals surface area contributed by atoms with Crippen molar-refractivity contribution in [3.63, 3.8) is 0 Å². The van der Waals surface area contributed by atoms with Gasteiger partial charge < -0.3 is 20.4 Å². The number of aromatic carboxylic acids is 1. The highest BCUT2D eigenvalue weighted by molar-refractivity contribution is 7.12. The average Bonchev–Trinajstić information content (AvgIpc) is 3.36. The van der Waals surface area contributed by atoms with E-state index in [4.69, 9.17) is 9.84 Å². The largest absolute Gasteiger partial charge is 0.618 e. The quantitative estimate of drug-likeness (QED) is 0.290. The number of rotatable bonds is 9. The molecule has 0 fully saturated rings. The molecule has 2 N–H and O–H groups in total. The Morgan fingerprint density at radius 1 is 1.41 bits per heavy atom. The minimum absolute atomic E-state index is 0.0419. The Kier molecular flexibility index (Phi) is 6.46. The second-order valence-electron chi connectivity index (χ2n) is 5.98. The first-order valence-corrected chi connectivity index (χ1v) is 9.46. The van der Waals surface area contributed by atoms with E-state index in [9.17, 15) is 14.8 Å². The van der Waals surface area contributed by atoms with Gasteiger partial charge in [-0.25, -0.2) is 14.5 Å². The van der Waals surface area contributed by atoms with Crippen LogP contribution in [0, 0.1) is 12.1 Å². The number of hydrogen-bond donors (Lipinski definition) is 2. The number of thiophene rings is 1. The van der Waals surface area contributed by atoms with Crippen LogP contribution in [0.1, 0.15) is 25.9 Å². The molecule has 1 amide bonds. The number of hydrogen-bond acceptors (Lipinski definition) is 8. The number of aryl methyl sites for hydroxylation is 1. The van der Waals surface area contributed by atoms with Gasteiger partial charge in [0.15, 0.2) is 5.69 Å². The molecule has 3 heterocycles. The fraction of sp³-hybridized carbons (Fsp3) is 0.294. The van der Waals surface area contributed by atoms with Crippen LogP contribution >= 0.6 is 11.3 Å². The average molecular weight is 418 g/mol. The molecule has 0 saturated carbocycles. The van der Waals surface area contributed by atoms with Gasteiger partial charge in [-0.2, -0.15) is 4.73 Å². The predicted octanol–water partition coefficient (Wildman–Crippen LogP) is 0.488. The Balaban J connectivity index is 1.37. The third-order valence-electron chi connectivity index (χ3n) is 3.85. The van der Waals surface area contributed by atoms with Gasteiger partial charge in [0, 0.05) is 24.4 Å². The smallest absolute Gasteiger partial charge is 0.345 e. The number of amides is 1. The molecule has 0 unspecified atom stereocenters. The molecule has 0 spiro atoms. The number of nitrogens with one attached hydrogen (secondary N) is 1. The Morgan fingerprint density at radius 2 is 2.24 bits per heavy atom. The van der Waals surface area contributed by atoms with E-state index in [0.717, 1.165) is 17.5 Å². The molecule has 0 atom stereocenters. The summed E-state index contributed by atoms with van der Waals surface area (Å²) < 4.78 is 7.63. The molecule has 0 aliphatic rings. The van der Waals surface area contributed by atoms with Gasteiger partial charge in [0.1, 0.15) is 10.6 Å². The second-order valence-corrected chi connectivity index (χ2v) is 6.89. The van der Waals surface area contributed by atoms with Crippen molar-refractivity contribution in [2.45, 2.75) is 13.5 Å². The van der Waals surface area contributed by atoms with Gasteiger partial charge >= 0.3 is 5.97 Å². The van der Waals surface area contributed by atoms with Gasteiger partial charge in [0.05, 0.1) is 32.2 Å². The van der Waals surface area contributed by atoms with Crippen molar-refractivity contribution < 1.29 is 24.2 Å². The normalized spacial score (nSPS) is 10.8. The molecule has 0 aliphatic carbocycles. The highest BCUT2D eigenvalue weighted by Gasteiger charge is 2.12. The monoisotopic (exact) mass is 418 g/mol. The number of nitrogens with zero attached hydrogens (tertiary/aromatic N) is 5. The molecule has 0 aliphatic heterocycles. The number of ether oxygens (including phenoxy) is 1. The van der Waals surface area contributed by atoms with Crippen LogP contribution < -0.4 is 10.0 Å². The summed E-state index contributed by atoms with van der Waals surface area (Å²) in [7, 11) is 0. The predicted molar refractivity (Wildman–Crippen MR) is 101 cm³/mol. The molecule has 152 valence electrons. The molecule has 0 radical (unpaired) electrons. The third kappa shape index (κ3) is 5.33. The number of carbonyl (C=O) groups is 2. The Labute approximate surface area is 169 Å². The lowest BCUT2D eigenvalue weighted by Gasteiger charge is -2.06. The zero-order chi connectivity index (χ0) is 20.8. The van der Waals surface area contributed by atoms with Crippen molar-refractivity contribution in [3.8, 4) is 11.3 Å². The SMILES string of the molecule is Cc1cnc(C(=O)NCCOCCn2cc(-c3csc(C(=O)O)c3)nn2)c[n+]1[O-]. The van der Waals surface area contributed by atoms with E-state index in [1.54, 1.807) is 29.2 Å². The molecular weight excluding hydrogens is 400 g/mol. The van der Waals surface area contributed by atoms with Crippen molar-refractivity contribution >= 4 is 23.2 Å². The summed E-state index contributed by atoms with van der Waals surface area (Å²) in [6, 6.07) is 1.55. The minimum atomic E-state index is -0.973. The summed E-state index contributed by atoms with van der Waals surface area (Å²) in [5.74, 6) is -1.42.